The van der Waals surface area contributed by atoms with Gasteiger partial charge in [0.1, 0.15) is 0 Å². The molecule has 0 aliphatic heterocycles. The second-order valence-corrected chi connectivity index (χ2v) is 7.64. The Balaban J connectivity index is 4.07. The van der Waals surface area contributed by atoms with E-state index in [0.717, 1.165) is 0 Å². The lowest BCUT2D eigenvalue weighted by atomic mass is 10.3. The smallest absolute Gasteiger partial charge is 0.255 e. The van der Waals surface area contributed by atoms with Crippen LogP contribution in [-0.4, -0.2) is 21.6 Å². The van der Waals surface area contributed by atoms with Gasteiger partial charge in [-0.2, -0.15) is 0 Å². The van der Waals surface area contributed by atoms with E-state index >= 15 is 0 Å². The Labute approximate surface area is 57.7 Å². The molecule has 5 heteroatoms. The van der Waals surface area contributed by atoms with Crippen LogP contribution in [0.25, 0.3) is 0 Å². The van der Waals surface area contributed by atoms with Crippen LogP contribution in [0.15, 0.2) is 0 Å². The van der Waals surface area contributed by atoms with Gasteiger partial charge in [0.05, 0.1) is 0 Å². The van der Waals surface area contributed by atoms with Crippen LogP contribution in [-0.2, 0) is 9.57 Å². The Morgan fingerprint density at radius 2 is 1.67 bits per heavy atom. The summed E-state index contributed by atoms with van der Waals surface area (Å²) in [4.78, 5) is 0. The van der Waals surface area contributed by atoms with Crippen LogP contribution in [0.1, 0.15) is 20.8 Å². The summed E-state index contributed by atoms with van der Waals surface area (Å²) in [7, 11) is -4.18. The molecule has 0 amide bonds. The molecule has 0 aliphatic carbocycles. The van der Waals surface area contributed by atoms with Gasteiger partial charge in [0.15, 0.2) is 0 Å². The fourth-order valence-corrected chi connectivity index (χ4v) is 3.48. The molecule has 0 saturated heterocycles. The SMILES string of the molecule is CC(C)(C)[Si]S(=O)(=O)O. The van der Waals surface area contributed by atoms with Gasteiger partial charge in [-0.25, -0.2) is 8.42 Å². The van der Waals surface area contributed by atoms with Crippen LogP contribution in [0.4, 0.5) is 0 Å². The average molecular weight is 166 g/mol. The van der Waals surface area contributed by atoms with Crippen molar-refractivity contribution in [2.75, 3.05) is 0 Å². The molecule has 0 bridgehead atoms. The van der Waals surface area contributed by atoms with Crippen molar-refractivity contribution in [1.29, 1.82) is 0 Å². The molecule has 0 heterocycles. The summed E-state index contributed by atoms with van der Waals surface area (Å²) in [5.41, 5.74) is 0. The Hall–Kier alpha value is 0.127. The first-order valence-electron chi connectivity index (χ1n) is 2.47. The Bertz CT molecular complexity index is 176. The zero-order chi connectivity index (χ0) is 7.71. The maximum atomic E-state index is 10.2. The third kappa shape index (κ3) is 8.13. The Kier molecular flexibility index (Phi) is 2.43. The number of hydrogen-bond donors (Lipinski definition) is 1. The fraction of sp³-hybridized carbons (Fsp3) is 1.00. The van der Waals surface area contributed by atoms with E-state index in [2.05, 4.69) is 0 Å². The van der Waals surface area contributed by atoms with Gasteiger partial charge in [0.2, 0.25) is 9.57 Å². The molecule has 0 saturated carbocycles. The Morgan fingerprint density at radius 1 is 1.33 bits per heavy atom. The molecule has 0 aromatic carbocycles. The van der Waals surface area contributed by atoms with E-state index in [9.17, 15) is 8.42 Å². The molecule has 54 valence electrons. The lowest BCUT2D eigenvalue weighted by molar-refractivity contribution is 0.498. The van der Waals surface area contributed by atoms with Crippen molar-refractivity contribution in [3.63, 3.8) is 0 Å². The van der Waals surface area contributed by atoms with Gasteiger partial charge in [-0.05, 0) is 5.04 Å². The molecular formula is C4H10O3SSi. The topological polar surface area (TPSA) is 54.4 Å². The molecule has 0 rings (SSSR count). The standard InChI is InChI=1S/C4H10O3SSi/c1-4(2,3)9-8(5,6)7/h1-3H3,(H,5,6,7). The van der Waals surface area contributed by atoms with E-state index < -0.39 is 18.2 Å². The molecule has 3 nitrogen and oxygen atoms in total. The summed E-state index contributed by atoms with van der Waals surface area (Å²) < 4.78 is 28.8. The van der Waals surface area contributed by atoms with Crippen LogP contribution in [0.5, 0.6) is 0 Å². The van der Waals surface area contributed by atoms with E-state index in [-0.39, 0.29) is 5.04 Å². The maximum Gasteiger partial charge on any atom is 0.255 e. The predicted octanol–water partition coefficient (Wildman–Crippen LogP) is 0.712. The molecule has 0 aromatic rings. The van der Waals surface area contributed by atoms with Gasteiger partial charge < -0.3 is 0 Å². The summed E-state index contributed by atoms with van der Waals surface area (Å²) in [5, 5.41) is -0.326. The molecule has 9 heavy (non-hydrogen) atoms. The quantitative estimate of drug-likeness (QED) is 0.461. The molecule has 1 N–H and O–H groups in total. The zero-order valence-corrected chi connectivity index (χ0v) is 7.49. The minimum absolute atomic E-state index is 0.326. The normalized spacial score (nSPS) is 13.8. The van der Waals surface area contributed by atoms with E-state index in [1.54, 1.807) is 20.8 Å². The molecule has 0 aromatic heterocycles. The van der Waals surface area contributed by atoms with Gasteiger partial charge >= 0.3 is 0 Å². The third-order valence-corrected chi connectivity index (χ3v) is 3.92. The van der Waals surface area contributed by atoms with Gasteiger partial charge in [-0.1, -0.05) is 20.8 Å². The van der Waals surface area contributed by atoms with Crippen molar-refractivity contribution in [2.24, 2.45) is 0 Å². The van der Waals surface area contributed by atoms with E-state index in [1.807, 2.05) is 0 Å². The molecule has 0 aliphatic rings. The molecule has 0 atom stereocenters. The minimum Gasteiger partial charge on any atom is -0.292 e. The Morgan fingerprint density at radius 3 is 1.67 bits per heavy atom. The molecule has 0 unspecified atom stereocenters. The first kappa shape index (κ1) is 9.13. The molecular weight excluding hydrogens is 156 g/mol. The highest BCUT2D eigenvalue weighted by Gasteiger charge is 2.21. The van der Waals surface area contributed by atoms with Crippen LogP contribution in [0, 0.1) is 0 Å². The highest BCUT2D eigenvalue weighted by Crippen LogP contribution is 2.21. The van der Waals surface area contributed by atoms with Gasteiger partial charge in [0, 0.05) is 0 Å². The first-order valence-corrected chi connectivity index (χ1v) is 5.63. The summed E-state index contributed by atoms with van der Waals surface area (Å²) in [6, 6.07) is 0. The monoisotopic (exact) mass is 166 g/mol. The molecule has 0 fully saturated rings. The minimum atomic E-state index is -3.75. The summed E-state index contributed by atoms with van der Waals surface area (Å²) in [6.07, 6.45) is 0. The zero-order valence-electron chi connectivity index (χ0n) is 5.67. The number of hydrogen-bond acceptors (Lipinski definition) is 2. The predicted molar refractivity (Wildman–Crippen MR) is 37.0 cm³/mol. The molecule has 2 radical (unpaired) electrons. The lowest BCUT2D eigenvalue weighted by Gasteiger charge is -2.12. The van der Waals surface area contributed by atoms with Crippen LogP contribution >= 0.6 is 0 Å². The summed E-state index contributed by atoms with van der Waals surface area (Å²) >= 11 is 0. The summed E-state index contributed by atoms with van der Waals surface area (Å²) in [5.74, 6) is 0. The third-order valence-electron chi connectivity index (χ3n) is 0.435. The second-order valence-electron chi connectivity index (χ2n) is 2.83. The van der Waals surface area contributed by atoms with Gasteiger partial charge in [-0.15, -0.1) is 0 Å². The fourth-order valence-electron chi connectivity index (χ4n) is 0.387. The van der Waals surface area contributed by atoms with E-state index in [1.165, 1.54) is 0 Å². The highest BCUT2D eigenvalue weighted by atomic mass is 32.4. The maximum absolute atomic E-state index is 10.2. The van der Waals surface area contributed by atoms with Crippen molar-refractivity contribution < 1.29 is 13.0 Å². The highest BCUT2D eigenvalue weighted by molar-refractivity contribution is 8.11. The van der Waals surface area contributed by atoms with Crippen molar-refractivity contribution >= 4 is 18.2 Å². The van der Waals surface area contributed by atoms with Crippen molar-refractivity contribution in [3.05, 3.63) is 0 Å². The van der Waals surface area contributed by atoms with Crippen LogP contribution < -0.4 is 0 Å². The van der Waals surface area contributed by atoms with Crippen molar-refractivity contribution in [3.8, 4) is 0 Å². The van der Waals surface area contributed by atoms with Crippen LogP contribution in [0.3, 0.4) is 0 Å². The van der Waals surface area contributed by atoms with Gasteiger partial charge in [-0.3, -0.25) is 4.55 Å². The number of rotatable bonds is 1. The average Bonchev–Trinajstić information content (AvgIpc) is 1.14. The van der Waals surface area contributed by atoms with E-state index in [4.69, 9.17) is 4.55 Å². The molecule has 0 spiro atoms. The second kappa shape index (κ2) is 2.40. The van der Waals surface area contributed by atoms with Crippen molar-refractivity contribution in [1.82, 2.24) is 0 Å². The van der Waals surface area contributed by atoms with Crippen molar-refractivity contribution in [2.45, 2.75) is 25.8 Å². The largest absolute Gasteiger partial charge is 0.292 e. The summed E-state index contributed by atoms with van der Waals surface area (Å²) in [6.45, 7) is 5.29. The first-order chi connectivity index (χ1) is 3.71. The lowest BCUT2D eigenvalue weighted by Crippen LogP contribution is -2.18. The van der Waals surface area contributed by atoms with Crippen LogP contribution in [0.2, 0.25) is 5.04 Å². The van der Waals surface area contributed by atoms with E-state index in [0.29, 0.717) is 0 Å². The van der Waals surface area contributed by atoms with Gasteiger partial charge in [0.25, 0.3) is 8.67 Å².